The summed E-state index contributed by atoms with van der Waals surface area (Å²) in [5.74, 6) is 0.142. The average Bonchev–Trinajstić information content (AvgIpc) is 2.84. The summed E-state index contributed by atoms with van der Waals surface area (Å²) in [6.45, 7) is 6.08. The fourth-order valence-corrected chi connectivity index (χ4v) is 2.93. The highest BCUT2D eigenvalue weighted by atomic mass is 16.5. The zero-order chi connectivity index (χ0) is 16.3. The van der Waals surface area contributed by atoms with Crippen LogP contribution in [0.5, 0.6) is 0 Å². The van der Waals surface area contributed by atoms with Crippen molar-refractivity contribution < 1.29 is 9.53 Å². The van der Waals surface area contributed by atoms with Crippen LogP contribution >= 0.6 is 0 Å². The van der Waals surface area contributed by atoms with Crippen LogP contribution in [0.2, 0.25) is 0 Å². The number of likely N-dealkylation sites (tertiary alicyclic amines) is 1. The first kappa shape index (κ1) is 18.0. The monoisotopic (exact) mass is 318 g/mol. The Morgan fingerprint density at radius 1 is 1.17 bits per heavy atom. The Morgan fingerprint density at radius 3 is 2.57 bits per heavy atom. The van der Waals surface area contributed by atoms with Gasteiger partial charge >= 0.3 is 0 Å². The standard InChI is InChI=1S/C19H30N2O2/c1-17(18-10-5-4-6-11-18)23-15-9-12-20-19(22)16-21-13-7-2-3-8-14-21/h4-6,10-11,17H,2-3,7-9,12-16H2,1H3,(H,20,22). The van der Waals surface area contributed by atoms with E-state index in [9.17, 15) is 4.79 Å². The van der Waals surface area contributed by atoms with Crippen LogP contribution in [-0.2, 0) is 9.53 Å². The van der Waals surface area contributed by atoms with Gasteiger partial charge in [-0.3, -0.25) is 9.69 Å². The zero-order valence-electron chi connectivity index (χ0n) is 14.3. The Morgan fingerprint density at radius 2 is 1.87 bits per heavy atom. The molecule has 1 atom stereocenters. The Balaban J connectivity index is 1.53. The third kappa shape index (κ3) is 7.14. The molecule has 128 valence electrons. The molecule has 0 bridgehead atoms. The van der Waals surface area contributed by atoms with E-state index in [1.807, 2.05) is 18.2 Å². The Bertz CT molecular complexity index is 442. The van der Waals surface area contributed by atoms with E-state index in [-0.39, 0.29) is 12.0 Å². The van der Waals surface area contributed by atoms with Gasteiger partial charge in [0.05, 0.1) is 12.6 Å². The van der Waals surface area contributed by atoms with Gasteiger partial charge in [-0.15, -0.1) is 0 Å². The maximum Gasteiger partial charge on any atom is 0.234 e. The molecule has 1 unspecified atom stereocenters. The van der Waals surface area contributed by atoms with Crippen LogP contribution in [0.3, 0.4) is 0 Å². The summed E-state index contributed by atoms with van der Waals surface area (Å²) in [5, 5.41) is 3.00. The molecule has 1 amide bonds. The van der Waals surface area contributed by atoms with Gasteiger partial charge in [0.25, 0.3) is 0 Å². The van der Waals surface area contributed by atoms with Gasteiger partial charge in [0.15, 0.2) is 0 Å². The molecule has 0 spiro atoms. The number of carbonyl (C=O) groups is 1. The van der Waals surface area contributed by atoms with Gasteiger partial charge in [0.1, 0.15) is 0 Å². The number of benzene rings is 1. The topological polar surface area (TPSA) is 41.6 Å². The van der Waals surface area contributed by atoms with E-state index in [1.165, 1.54) is 31.2 Å². The second kappa shape index (κ2) is 10.4. The summed E-state index contributed by atoms with van der Waals surface area (Å²) in [6.07, 6.45) is 5.99. The first-order valence-corrected chi connectivity index (χ1v) is 8.91. The number of carbonyl (C=O) groups excluding carboxylic acids is 1. The van der Waals surface area contributed by atoms with E-state index in [0.717, 1.165) is 19.5 Å². The van der Waals surface area contributed by atoms with E-state index in [4.69, 9.17) is 4.74 Å². The Kier molecular flexibility index (Phi) is 8.12. The Labute approximate surface area is 140 Å². The summed E-state index contributed by atoms with van der Waals surface area (Å²) >= 11 is 0. The molecule has 0 aliphatic carbocycles. The lowest BCUT2D eigenvalue weighted by Gasteiger charge is -2.19. The normalized spacial score (nSPS) is 17.4. The summed E-state index contributed by atoms with van der Waals surface area (Å²) in [5.41, 5.74) is 1.19. The first-order valence-electron chi connectivity index (χ1n) is 8.91. The van der Waals surface area contributed by atoms with Crippen LogP contribution in [0.25, 0.3) is 0 Å². The average molecular weight is 318 g/mol. The molecule has 4 nitrogen and oxygen atoms in total. The van der Waals surface area contributed by atoms with Gasteiger partial charge < -0.3 is 10.1 Å². The van der Waals surface area contributed by atoms with Crippen molar-refractivity contribution in [2.75, 3.05) is 32.8 Å². The molecule has 1 N–H and O–H groups in total. The SMILES string of the molecule is CC(OCCCNC(=O)CN1CCCCCC1)c1ccccc1. The van der Waals surface area contributed by atoms with E-state index < -0.39 is 0 Å². The smallest absolute Gasteiger partial charge is 0.234 e. The van der Waals surface area contributed by atoms with Crippen molar-refractivity contribution in [1.29, 1.82) is 0 Å². The lowest BCUT2D eigenvalue weighted by Crippen LogP contribution is -2.38. The van der Waals surface area contributed by atoms with E-state index in [2.05, 4.69) is 29.3 Å². The molecule has 0 saturated carbocycles. The molecule has 2 rings (SSSR count). The first-order chi connectivity index (χ1) is 11.3. The molecular weight excluding hydrogens is 288 g/mol. The lowest BCUT2D eigenvalue weighted by molar-refractivity contribution is -0.122. The molecular formula is C19H30N2O2. The van der Waals surface area contributed by atoms with E-state index in [0.29, 0.717) is 19.7 Å². The van der Waals surface area contributed by atoms with Crippen molar-refractivity contribution in [2.24, 2.45) is 0 Å². The van der Waals surface area contributed by atoms with Gasteiger partial charge in [-0.05, 0) is 44.8 Å². The fourth-order valence-electron chi connectivity index (χ4n) is 2.93. The third-order valence-corrected chi connectivity index (χ3v) is 4.35. The molecule has 1 aliphatic heterocycles. The van der Waals surface area contributed by atoms with Crippen LogP contribution in [0.1, 0.15) is 50.7 Å². The predicted octanol–water partition coefficient (Wildman–Crippen LogP) is 3.15. The molecule has 1 heterocycles. The molecule has 1 aromatic rings. The number of nitrogens with one attached hydrogen (secondary N) is 1. The number of hydrogen-bond acceptors (Lipinski definition) is 3. The van der Waals surface area contributed by atoms with Gasteiger partial charge in [-0.2, -0.15) is 0 Å². The minimum atomic E-state index is 0.101. The fraction of sp³-hybridized carbons (Fsp3) is 0.632. The van der Waals surface area contributed by atoms with Crippen molar-refractivity contribution in [3.63, 3.8) is 0 Å². The molecule has 23 heavy (non-hydrogen) atoms. The van der Waals surface area contributed by atoms with E-state index in [1.54, 1.807) is 0 Å². The predicted molar refractivity (Wildman–Crippen MR) is 93.3 cm³/mol. The van der Waals surface area contributed by atoms with Gasteiger partial charge in [-0.1, -0.05) is 43.2 Å². The second-order valence-corrected chi connectivity index (χ2v) is 6.32. The van der Waals surface area contributed by atoms with Gasteiger partial charge in [0.2, 0.25) is 5.91 Å². The molecule has 1 saturated heterocycles. The molecule has 4 heteroatoms. The van der Waals surface area contributed by atoms with Crippen LogP contribution < -0.4 is 5.32 Å². The van der Waals surface area contributed by atoms with E-state index >= 15 is 0 Å². The van der Waals surface area contributed by atoms with Gasteiger partial charge in [0, 0.05) is 13.2 Å². The highest BCUT2D eigenvalue weighted by Gasteiger charge is 2.12. The molecule has 1 aromatic carbocycles. The summed E-state index contributed by atoms with van der Waals surface area (Å²) < 4.78 is 5.81. The highest BCUT2D eigenvalue weighted by Crippen LogP contribution is 2.15. The number of amides is 1. The van der Waals surface area contributed by atoms with Crippen LogP contribution in [-0.4, -0.2) is 43.6 Å². The minimum Gasteiger partial charge on any atom is -0.374 e. The summed E-state index contributed by atoms with van der Waals surface area (Å²) in [7, 11) is 0. The Hall–Kier alpha value is -1.39. The van der Waals surface area contributed by atoms with Crippen LogP contribution in [0.15, 0.2) is 30.3 Å². The van der Waals surface area contributed by atoms with Crippen molar-refractivity contribution in [3.05, 3.63) is 35.9 Å². The maximum absolute atomic E-state index is 11.9. The highest BCUT2D eigenvalue weighted by molar-refractivity contribution is 5.77. The second-order valence-electron chi connectivity index (χ2n) is 6.32. The molecule has 0 aromatic heterocycles. The zero-order valence-corrected chi connectivity index (χ0v) is 14.3. The minimum absolute atomic E-state index is 0.101. The van der Waals surface area contributed by atoms with Crippen molar-refractivity contribution in [2.45, 2.75) is 45.1 Å². The summed E-state index contributed by atoms with van der Waals surface area (Å²) in [6, 6.07) is 10.2. The maximum atomic E-state index is 11.9. The molecule has 1 aliphatic rings. The van der Waals surface area contributed by atoms with Crippen LogP contribution in [0.4, 0.5) is 0 Å². The number of rotatable bonds is 8. The lowest BCUT2D eigenvalue weighted by atomic mass is 10.1. The third-order valence-electron chi connectivity index (χ3n) is 4.35. The molecule has 0 radical (unpaired) electrons. The number of nitrogens with zero attached hydrogens (tertiary/aromatic N) is 1. The molecule has 1 fully saturated rings. The quantitative estimate of drug-likeness (QED) is 0.749. The van der Waals surface area contributed by atoms with Crippen molar-refractivity contribution in [3.8, 4) is 0 Å². The van der Waals surface area contributed by atoms with Crippen molar-refractivity contribution in [1.82, 2.24) is 10.2 Å². The number of ether oxygens (including phenoxy) is 1. The largest absolute Gasteiger partial charge is 0.374 e. The van der Waals surface area contributed by atoms with Crippen LogP contribution in [0, 0.1) is 0 Å². The summed E-state index contributed by atoms with van der Waals surface area (Å²) in [4.78, 5) is 14.2. The number of hydrogen-bond donors (Lipinski definition) is 1. The van der Waals surface area contributed by atoms with Crippen molar-refractivity contribution >= 4 is 5.91 Å². The van der Waals surface area contributed by atoms with Gasteiger partial charge in [-0.25, -0.2) is 0 Å².